The Labute approximate surface area is 158 Å². The van der Waals surface area contributed by atoms with Crippen molar-refractivity contribution in [2.75, 3.05) is 0 Å². The van der Waals surface area contributed by atoms with Crippen LogP contribution < -0.4 is 0 Å². The topological polar surface area (TPSA) is 119 Å². The molecule has 4 rings (SSSR count). The van der Waals surface area contributed by atoms with Crippen LogP contribution in [0, 0.1) is 10.1 Å². The normalized spacial score (nSPS) is 13.1. The van der Waals surface area contributed by atoms with E-state index in [0.717, 1.165) is 23.0 Å². The lowest BCUT2D eigenvalue weighted by molar-refractivity contribution is -0.384. The number of carbonyl (C=O) groups excluding carboxylic acids is 2. The van der Waals surface area contributed by atoms with Gasteiger partial charge in [-0.1, -0.05) is 36.3 Å². The minimum Gasteiger partial charge on any atom is -0.337 e. The second-order valence-electron chi connectivity index (χ2n) is 6.25. The van der Waals surface area contributed by atoms with Gasteiger partial charge in [0.25, 0.3) is 17.5 Å². The highest BCUT2D eigenvalue weighted by Gasteiger charge is 2.37. The minimum absolute atomic E-state index is 0.00547. The van der Waals surface area contributed by atoms with Crippen molar-refractivity contribution >= 4 is 17.5 Å². The molecule has 1 aliphatic rings. The first kappa shape index (κ1) is 17.5. The number of hydrogen-bond donors (Lipinski definition) is 0. The van der Waals surface area contributed by atoms with Gasteiger partial charge in [-0.25, -0.2) is 0 Å². The SMILES string of the molecule is CCc1ccc(-c2noc(CN3C(=O)c4ccc([N+](=O)[O-])cc4C3=O)n2)cc1. The Bertz CT molecular complexity index is 1100. The van der Waals surface area contributed by atoms with E-state index in [1.165, 1.54) is 17.7 Å². The predicted molar refractivity (Wildman–Crippen MR) is 96.4 cm³/mol. The Morgan fingerprint density at radius 3 is 2.46 bits per heavy atom. The van der Waals surface area contributed by atoms with E-state index < -0.39 is 16.7 Å². The summed E-state index contributed by atoms with van der Waals surface area (Å²) in [6, 6.07) is 11.2. The van der Waals surface area contributed by atoms with Gasteiger partial charge < -0.3 is 4.52 Å². The van der Waals surface area contributed by atoms with E-state index in [-0.39, 0.29) is 29.2 Å². The van der Waals surface area contributed by atoms with Gasteiger partial charge in [0.15, 0.2) is 0 Å². The smallest absolute Gasteiger partial charge is 0.270 e. The molecule has 9 heteroatoms. The maximum atomic E-state index is 12.5. The molecule has 0 radical (unpaired) electrons. The molecule has 0 saturated heterocycles. The molecule has 0 N–H and O–H groups in total. The zero-order valence-corrected chi connectivity index (χ0v) is 14.8. The molecule has 0 aliphatic carbocycles. The molecule has 2 heterocycles. The molecule has 1 aromatic heterocycles. The number of aromatic nitrogens is 2. The largest absolute Gasteiger partial charge is 0.337 e. The fourth-order valence-electron chi connectivity index (χ4n) is 3.00. The van der Waals surface area contributed by atoms with Crippen molar-refractivity contribution in [1.29, 1.82) is 0 Å². The van der Waals surface area contributed by atoms with Gasteiger partial charge in [-0.2, -0.15) is 4.98 Å². The maximum Gasteiger partial charge on any atom is 0.270 e. The Kier molecular flexibility index (Phi) is 4.19. The Balaban J connectivity index is 1.56. The highest BCUT2D eigenvalue weighted by atomic mass is 16.6. The molecule has 2 aromatic carbocycles. The van der Waals surface area contributed by atoms with Crippen LogP contribution >= 0.6 is 0 Å². The molecule has 1 aliphatic heterocycles. The van der Waals surface area contributed by atoms with Gasteiger partial charge in [0.1, 0.15) is 6.54 Å². The van der Waals surface area contributed by atoms with Gasteiger partial charge >= 0.3 is 0 Å². The first-order valence-corrected chi connectivity index (χ1v) is 8.54. The molecule has 0 spiro atoms. The molecule has 0 bridgehead atoms. The summed E-state index contributed by atoms with van der Waals surface area (Å²) in [5, 5.41) is 14.8. The quantitative estimate of drug-likeness (QED) is 0.380. The fraction of sp³-hybridized carbons (Fsp3) is 0.158. The number of hydrogen-bond acceptors (Lipinski definition) is 7. The first-order chi connectivity index (χ1) is 13.5. The third-order valence-electron chi connectivity index (χ3n) is 4.55. The van der Waals surface area contributed by atoms with Crippen molar-refractivity contribution < 1.29 is 19.0 Å². The number of imide groups is 1. The lowest BCUT2D eigenvalue weighted by Crippen LogP contribution is -2.29. The standard InChI is InChI=1S/C19H14N4O5/c1-2-11-3-5-12(6-4-11)17-20-16(28-21-17)10-22-18(24)14-8-7-13(23(26)27)9-15(14)19(22)25/h3-9H,2,10H2,1H3. The fourth-order valence-corrected chi connectivity index (χ4v) is 3.00. The number of rotatable bonds is 5. The van der Waals surface area contributed by atoms with E-state index in [1.54, 1.807) is 0 Å². The monoisotopic (exact) mass is 378 g/mol. The van der Waals surface area contributed by atoms with Crippen LogP contribution in [0.3, 0.4) is 0 Å². The van der Waals surface area contributed by atoms with E-state index in [1.807, 2.05) is 24.3 Å². The van der Waals surface area contributed by atoms with Crippen molar-refractivity contribution in [1.82, 2.24) is 15.0 Å². The minimum atomic E-state index is -0.629. The molecule has 140 valence electrons. The molecule has 3 aromatic rings. The van der Waals surface area contributed by atoms with Crippen molar-refractivity contribution in [3.8, 4) is 11.4 Å². The van der Waals surface area contributed by atoms with E-state index in [0.29, 0.717) is 5.82 Å². The number of nitro benzene ring substituents is 1. The van der Waals surface area contributed by atoms with Crippen molar-refractivity contribution in [2.24, 2.45) is 0 Å². The van der Waals surface area contributed by atoms with Crippen molar-refractivity contribution in [2.45, 2.75) is 19.9 Å². The third-order valence-corrected chi connectivity index (χ3v) is 4.55. The van der Waals surface area contributed by atoms with E-state index in [4.69, 9.17) is 4.52 Å². The van der Waals surface area contributed by atoms with Crippen LogP contribution in [0.1, 0.15) is 39.1 Å². The highest BCUT2D eigenvalue weighted by Crippen LogP contribution is 2.28. The van der Waals surface area contributed by atoms with Crippen LogP contribution in [0.15, 0.2) is 47.0 Å². The lowest BCUT2D eigenvalue weighted by atomic mass is 10.1. The Hall–Kier alpha value is -3.88. The number of nitro groups is 1. The number of benzene rings is 2. The van der Waals surface area contributed by atoms with Crippen molar-refractivity contribution in [3.63, 3.8) is 0 Å². The summed E-state index contributed by atoms with van der Waals surface area (Å²) in [5.41, 5.74) is 1.79. The second-order valence-corrected chi connectivity index (χ2v) is 6.25. The number of fused-ring (bicyclic) bond motifs is 1. The predicted octanol–water partition coefficient (Wildman–Crippen LogP) is 3.00. The van der Waals surface area contributed by atoms with Gasteiger partial charge in [0.05, 0.1) is 16.1 Å². The summed E-state index contributed by atoms with van der Waals surface area (Å²) in [4.78, 5) is 40.5. The van der Waals surface area contributed by atoms with Crippen LogP contribution in [0.2, 0.25) is 0 Å². The number of non-ortho nitro benzene ring substituents is 1. The number of carbonyl (C=O) groups is 2. The van der Waals surface area contributed by atoms with Gasteiger partial charge in [-0.3, -0.25) is 24.6 Å². The summed E-state index contributed by atoms with van der Waals surface area (Å²) in [6.07, 6.45) is 0.912. The third kappa shape index (κ3) is 2.92. The van der Waals surface area contributed by atoms with Gasteiger partial charge in [0.2, 0.25) is 11.7 Å². The molecule has 0 atom stereocenters. The summed E-state index contributed by atoms with van der Waals surface area (Å²) in [6.45, 7) is 1.85. The van der Waals surface area contributed by atoms with Crippen LogP contribution in [0.25, 0.3) is 11.4 Å². The van der Waals surface area contributed by atoms with Crippen LogP contribution in [-0.2, 0) is 13.0 Å². The van der Waals surface area contributed by atoms with Gasteiger partial charge in [-0.15, -0.1) is 0 Å². The summed E-state index contributed by atoms with van der Waals surface area (Å²) >= 11 is 0. The van der Waals surface area contributed by atoms with Gasteiger partial charge in [-0.05, 0) is 18.1 Å². The Morgan fingerprint density at radius 2 is 1.79 bits per heavy atom. The lowest BCUT2D eigenvalue weighted by Gasteiger charge is -2.09. The van der Waals surface area contributed by atoms with Gasteiger partial charge in [0, 0.05) is 17.7 Å². The molecule has 0 unspecified atom stereocenters. The van der Waals surface area contributed by atoms with Crippen LogP contribution in [0.5, 0.6) is 0 Å². The molecular weight excluding hydrogens is 364 g/mol. The van der Waals surface area contributed by atoms with Crippen molar-refractivity contribution in [3.05, 3.63) is 75.2 Å². The number of nitrogens with zero attached hydrogens (tertiary/aromatic N) is 4. The highest BCUT2D eigenvalue weighted by molar-refractivity contribution is 6.21. The van der Waals surface area contributed by atoms with E-state index in [2.05, 4.69) is 17.1 Å². The molecule has 0 fully saturated rings. The van der Waals surface area contributed by atoms with Crippen LogP contribution in [0.4, 0.5) is 5.69 Å². The Morgan fingerprint density at radius 1 is 1.07 bits per heavy atom. The molecule has 0 saturated carbocycles. The first-order valence-electron chi connectivity index (χ1n) is 8.54. The summed E-state index contributed by atoms with van der Waals surface area (Å²) in [5.74, 6) is -0.735. The average molecular weight is 378 g/mol. The molecular formula is C19H14N4O5. The summed E-state index contributed by atoms with van der Waals surface area (Å²) < 4.78 is 5.18. The number of amides is 2. The molecule has 9 nitrogen and oxygen atoms in total. The zero-order valence-electron chi connectivity index (χ0n) is 14.8. The number of aryl methyl sites for hydroxylation is 1. The molecule has 2 amide bonds. The average Bonchev–Trinajstić information content (AvgIpc) is 3.27. The summed E-state index contributed by atoms with van der Waals surface area (Å²) in [7, 11) is 0. The van der Waals surface area contributed by atoms with E-state index >= 15 is 0 Å². The second kappa shape index (κ2) is 6.69. The van der Waals surface area contributed by atoms with E-state index in [9.17, 15) is 19.7 Å². The zero-order chi connectivity index (χ0) is 19.8. The maximum absolute atomic E-state index is 12.5. The molecule has 28 heavy (non-hydrogen) atoms. The van der Waals surface area contributed by atoms with Crippen LogP contribution in [-0.4, -0.2) is 31.8 Å².